The summed E-state index contributed by atoms with van der Waals surface area (Å²) in [6, 6.07) is 65.3. The fraction of sp³-hybridized carbons (Fsp3) is 0.0395. The summed E-state index contributed by atoms with van der Waals surface area (Å²) in [6.07, 6.45) is 23.4. The van der Waals surface area contributed by atoms with Gasteiger partial charge in [-0.1, -0.05) is 146 Å². The van der Waals surface area contributed by atoms with E-state index in [1.54, 1.807) is 19.0 Å². The summed E-state index contributed by atoms with van der Waals surface area (Å²) in [5.41, 5.74) is 20.2. The molecule has 1 atom stereocenters. The number of allylic oxidation sites excluding steroid dienone is 6. The molecular weight excluding hydrogens is 1100 g/mol. The van der Waals surface area contributed by atoms with Crippen molar-refractivity contribution in [2.75, 3.05) is 0 Å². The second-order valence-corrected chi connectivity index (χ2v) is 22.5. The highest BCUT2D eigenvalue weighted by Gasteiger charge is 2.35. The van der Waals surface area contributed by atoms with Gasteiger partial charge in [0, 0.05) is 89.8 Å². The van der Waals surface area contributed by atoms with Gasteiger partial charge in [0.1, 0.15) is 36.0 Å². The number of hydrogen-bond donors (Lipinski definition) is 0. The number of hydrogen-bond acceptors (Lipinski definition) is 11. The second-order valence-electron chi connectivity index (χ2n) is 22.5. The Labute approximate surface area is 509 Å². The number of nitrogens with zero attached hydrogens (tertiary/aromatic N) is 12. The summed E-state index contributed by atoms with van der Waals surface area (Å²) < 4.78 is 11.9. The third-order valence-electron chi connectivity index (χ3n) is 17.1. The summed E-state index contributed by atoms with van der Waals surface area (Å²) in [6.45, 7) is 2.20. The molecule has 0 fully saturated rings. The van der Waals surface area contributed by atoms with Crippen molar-refractivity contribution in [2.24, 2.45) is 0 Å². The van der Waals surface area contributed by atoms with Crippen molar-refractivity contribution in [3.8, 4) is 79.2 Å². The Morgan fingerprint density at radius 1 is 0.438 bits per heavy atom. The Morgan fingerprint density at radius 2 is 1.00 bits per heavy atom. The van der Waals surface area contributed by atoms with Gasteiger partial charge in [-0.25, -0.2) is 44.9 Å². The molecule has 418 valence electrons. The van der Waals surface area contributed by atoms with E-state index in [1.807, 2.05) is 103 Å². The predicted molar refractivity (Wildman–Crippen MR) is 352 cm³/mol. The highest BCUT2D eigenvalue weighted by molar-refractivity contribution is 6.14. The van der Waals surface area contributed by atoms with E-state index in [9.17, 15) is 0 Å². The first kappa shape index (κ1) is 51.3. The highest BCUT2D eigenvalue weighted by Crippen LogP contribution is 2.45. The van der Waals surface area contributed by atoms with Crippen LogP contribution in [0.3, 0.4) is 0 Å². The van der Waals surface area contributed by atoms with Gasteiger partial charge >= 0.3 is 0 Å². The van der Waals surface area contributed by atoms with Gasteiger partial charge in [0.15, 0.2) is 29.1 Å². The SMILES string of the molecule is CC1(c2ncnc(-c3ccccc3)n2)C=Cc2c(c3cc(-c4ncnc(C5=C=CC=CC=C5)n4)ccc3n2-c2cccc(-c3cccc4c3oc3c(-c5cccc(-n6c7ccncc7c7cc(-c8ncnc(-c9ccccc9)n8)ccc76)c5)cccc34)c2)C1. The summed E-state index contributed by atoms with van der Waals surface area (Å²) in [4.78, 5) is 47.3. The van der Waals surface area contributed by atoms with Crippen molar-refractivity contribution in [1.82, 2.24) is 59.0 Å². The normalized spacial score (nSPS) is 14.5. The first-order chi connectivity index (χ1) is 44.0. The molecule has 0 spiro atoms. The standard InChI is InChI=1S/C76H48N12O/c1-76(75-83-46-82-72(86-75)49-20-10-5-11-21-49)36-34-66-62(42-76)60-40-52(73-80-44-78-70(84-73)47-16-6-2-3-7-17-47)30-32-64(60)87(66)54-24-12-22-50(38-54)56-26-14-28-58-59-29-15-27-57(69(59)89-68(56)58)51-23-13-25-55(39-51)88-65-33-31-53(41-61(65)63-43-77-37-35-67(63)88)74-81-45-79-71(85-74)48-18-8-4-9-19-48/h2-16,18-41,43-46H,42H2,1H3. The summed E-state index contributed by atoms with van der Waals surface area (Å²) >= 11 is 0. The molecule has 7 aromatic heterocycles. The third-order valence-corrected chi connectivity index (χ3v) is 17.1. The number of para-hydroxylation sites is 2. The van der Waals surface area contributed by atoms with Crippen molar-refractivity contribution in [3.63, 3.8) is 0 Å². The van der Waals surface area contributed by atoms with Crippen molar-refractivity contribution in [3.05, 3.63) is 285 Å². The fourth-order valence-electron chi connectivity index (χ4n) is 12.8. The molecule has 15 aromatic rings. The topological polar surface area (TPSA) is 152 Å². The van der Waals surface area contributed by atoms with Crippen molar-refractivity contribution in [1.29, 1.82) is 0 Å². The molecule has 8 aromatic carbocycles. The van der Waals surface area contributed by atoms with Gasteiger partial charge in [0.2, 0.25) is 0 Å². The molecular formula is C76H48N12O. The van der Waals surface area contributed by atoms with Crippen LogP contribution in [0.25, 0.3) is 145 Å². The average molecular weight is 1150 g/mol. The molecule has 1 unspecified atom stereocenters. The molecule has 2 aliphatic carbocycles. The van der Waals surface area contributed by atoms with E-state index >= 15 is 0 Å². The van der Waals surface area contributed by atoms with Crippen LogP contribution in [-0.4, -0.2) is 59.0 Å². The lowest BCUT2D eigenvalue weighted by atomic mass is 9.78. The number of benzene rings is 8. The summed E-state index contributed by atoms with van der Waals surface area (Å²) in [7, 11) is 0. The molecule has 0 N–H and O–H groups in total. The van der Waals surface area contributed by atoms with Gasteiger partial charge < -0.3 is 13.6 Å². The van der Waals surface area contributed by atoms with Gasteiger partial charge in [0.25, 0.3) is 0 Å². The number of rotatable bonds is 10. The fourth-order valence-corrected chi connectivity index (χ4v) is 12.8. The van der Waals surface area contributed by atoms with Gasteiger partial charge in [0.05, 0.1) is 27.5 Å². The molecule has 0 saturated carbocycles. The van der Waals surface area contributed by atoms with Crippen LogP contribution in [0.5, 0.6) is 0 Å². The molecule has 13 heteroatoms. The van der Waals surface area contributed by atoms with Gasteiger partial charge in [-0.2, -0.15) is 0 Å². The van der Waals surface area contributed by atoms with Crippen LogP contribution in [0.15, 0.2) is 266 Å². The maximum Gasteiger partial charge on any atom is 0.171 e. The van der Waals surface area contributed by atoms with Gasteiger partial charge in [-0.15, -0.1) is 5.73 Å². The minimum Gasteiger partial charge on any atom is -0.455 e. The number of pyridine rings is 1. The van der Waals surface area contributed by atoms with Crippen LogP contribution in [0, 0.1) is 0 Å². The molecule has 0 amide bonds. The van der Waals surface area contributed by atoms with Gasteiger partial charge in [-0.3, -0.25) is 4.98 Å². The van der Waals surface area contributed by atoms with E-state index in [0.29, 0.717) is 41.4 Å². The molecule has 0 saturated heterocycles. The minimum absolute atomic E-state index is 0.549. The lowest BCUT2D eigenvalue weighted by Gasteiger charge is -2.28. The Hall–Kier alpha value is -12.2. The van der Waals surface area contributed by atoms with Crippen LogP contribution in [-0.2, 0) is 11.8 Å². The molecule has 0 radical (unpaired) electrons. The smallest absolute Gasteiger partial charge is 0.171 e. The summed E-state index contributed by atoms with van der Waals surface area (Å²) in [5, 5.41) is 5.22. The van der Waals surface area contributed by atoms with Gasteiger partial charge in [-0.05, 0) is 115 Å². The van der Waals surface area contributed by atoms with E-state index in [-0.39, 0.29) is 0 Å². The maximum absolute atomic E-state index is 7.19. The largest absolute Gasteiger partial charge is 0.455 e. The Kier molecular flexibility index (Phi) is 12.0. The van der Waals surface area contributed by atoms with Crippen LogP contribution in [0.4, 0.5) is 0 Å². The number of furan rings is 1. The molecule has 89 heavy (non-hydrogen) atoms. The first-order valence-electron chi connectivity index (χ1n) is 29.4. The molecule has 0 aliphatic heterocycles. The molecule has 13 nitrogen and oxygen atoms in total. The van der Waals surface area contributed by atoms with Crippen molar-refractivity contribution < 1.29 is 4.42 Å². The zero-order chi connectivity index (χ0) is 59.0. The van der Waals surface area contributed by atoms with E-state index in [0.717, 1.165) is 127 Å². The van der Waals surface area contributed by atoms with Crippen molar-refractivity contribution >= 4 is 66.3 Å². The molecule has 7 heterocycles. The van der Waals surface area contributed by atoms with Crippen LogP contribution >= 0.6 is 0 Å². The average Bonchev–Trinajstić information content (AvgIpc) is 2.43. The lowest BCUT2D eigenvalue weighted by Crippen LogP contribution is -2.28. The first-order valence-corrected chi connectivity index (χ1v) is 29.4. The van der Waals surface area contributed by atoms with E-state index in [2.05, 4.69) is 186 Å². The van der Waals surface area contributed by atoms with E-state index in [1.165, 1.54) is 0 Å². The van der Waals surface area contributed by atoms with Crippen LogP contribution < -0.4 is 0 Å². The number of aromatic nitrogens is 12. The van der Waals surface area contributed by atoms with Crippen LogP contribution in [0.2, 0.25) is 0 Å². The third kappa shape index (κ3) is 8.79. The quantitative estimate of drug-likeness (QED) is 0.120. The molecule has 2 aliphatic rings. The van der Waals surface area contributed by atoms with Crippen LogP contribution in [0.1, 0.15) is 29.8 Å². The maximum atomic E-state index is 7.19. The summed E-state index contributed by atoms with van der Waals surface area (Å²) in [5.74, 6) is 3.68. The monoisotopic (exact) mass is 1140 g/mol. The van der Waals surface area contributed by atoms with E-state index in [4.69, 9.17) is 29.3 Å². The second kappa shape index (κ2) is 20.8. The Morgan fingerprint density at radius 3 is 1.69 bits per heavy atom. The highest BCUT2D eigenvalue weighted by atomic mass is 16.3. The lowest BCUT2D eigenvalue weighted by molar-refractivity contribution is 0.544. The Balaban J connectivity index is 0.756. The van der Waals surface area contributed by atoms with E-state index < -0.39 is 5.41 Å². The minimum atomic E-state index is -0.564. The molecule has 17 rings (SSSR count). The molecule has 0 bridgehead atoms. The number of fused-ring (bicyclic) bond motifs is 9. The Bertz CT molecular complexity index is 5550. The zero-order valence-electron chi connectivity index (χ0n) is 47.8. The zero-order valence-corrected chi connectivity index (χ0v) is 47.8. The predicted octanol–water partition coefficient (Wildman–Crippen LogP) is 16.8. The van der Waals surface area contributed by atoms with Crippen molar-refractivity contribution in [2.45, 2.75) is 18.8 Å².